The van der Waals surface area contributed by atoms with E-state index in [1.165, 1.54) is 12.1 Å². The molecule has 0 bridgehead atoms. The van der Waals surface area contributed by atoms with Crippen LogP contribution in [0.1, 0.15) is 38.3 Å². The lowest BCUT2D eigenvalue weighted by molar-refractivity contribution is -0.131. The van der Waals surface area contributed by atoms with Crippen LogP contribution in [0, 0.1) is 5.92 Å². The maximum absolute atomic E-state index is 12.8. The number of nitrogens with zero attached hydrogens (tertiary/aromatic N) is 1. The fourth-order valence-corrected chi connectivity index (χ4v) is 4.32. The number of anilines is 2. The minimum Gasteiger partial charge on any atom is -0.338 e. The van der Waals surface area contributed by atoms with Crippen molar-refractivity contribution in [2.75, 3.05) is 16.6 Å². The first-order chi connectivity index (χ1) is 14.2. The van der Waals surface area contributed by atoms with Crippen LogP contribution < -0.4 is 10.0 Å². The molecule has 1 aliphatic heterocycles. The van der Waals surface area contributed by atoms with E-state index in [2.05, 4.69) is 10.0 Å². The van der Waals surface area contributed by atoms with E-state index in [0.717, 1.165) is 17.5 Å². The van der Waals surface area contributed by atoms with Gasteiger partial charge in [0.25, 0.3) is 10.0 Å². The van der Waals surface area contributed by atoms with Gasteiger partial charge in [-0.15, -0.1) is 0 Å². The third kappa shape index (κ3) is 4.99. The highest BCUT2D eigenvalue weighted by Crippen LogP contribution is 2.25. The van der Waals surface area contributed by atoms with Gasteiger partial charge in [-0.1, -0.05) is 26.8 Å². The lowest BCUT2D eigenvalue weighted by Crippen LogP contribution is -2.35. The second kappa shape index (κ2) is 8.87. The van der Waals surface area contributed by atoms with E-state index in [1.807, 2.05) is 13.0 Å². The number of hydrogen-bond donors (Lipinski definition) is 2. The minimum atomic E-state index is -3.78. The van der Waals surface area contributed by atoms with Crippen LogP contribution >= 0.6 is 0 Å². The predicted molar refractivity (Wildman–Crippen MR) is 117 cm³/mol. The molecule has 0 atom stereocenters. The first-order valence-electron chi connectivity index (χ1n) is 10.0. The summed E-state index contributed by atoms with van der Waals surface area (Å²) in [6, 6.07) is 11.5. The van der Waals surface area contributed by atoms with Crippen molar-refractivity contribution in [3.8, 4) is 0 Å². The molecule has 160 valence electrons. The Morgan fingerprint density at radius 3 is 2.33 bits per heavy atom. The Morgan fingerprint density at radius 1 is 1.03 bits per heavy atom. The molecule has 0 unspecified atom stereocenters. The molecule has 0 saturated carbocycles. The van der Waals surface area contributed by atoms with Crippen molar-refractivity contribution in [3.63, 3.8) is 0 Å². The average molecular weight is 430 g/mol. The van der Waals surface area contributed by atoms with E-state index < -0.39 is 10.0 Å². The molecule has 0 aliphatic carbocycles. The van der Waals surface area contributed by atoms with Gasteiger partial charge >= 0.3 is 0 Å². The third-order valence-corrected chi connectivity index (χ3v) is 6.48. The Kier molecular flexibility index (Phi) is 6.45. The molecule has 2 amide bonds. The zero-order valence-electron chi connectivity index (χ0n) is 17.4. The van der Waals surface area contributed by atoms with Gasteiger partial charge < -0.3 is 10.2 Å². The monoisotopic (exact) mass is 429 g/mol. The Bertz CT molecular complexity index is 1050. The smallest absolute Gasteiger partial charge is 0.261 e. The van der Waals surface area contributed by atoms with Crippen LogP contribution in [0.25, 0.3) is 0 Å². The Labute approximate surface area is 177 Å². The SMILES string of the molecule is CCC(=O)N1CCc2ccc(NS(=O)(=O)c3ccc(NC(=O)C(C)C)cc3)cc2C1. The molecule has 2 N–H and O–H groups in total. The molecule has 2 aromatic rings. The number of rotatable bonds is 6. The summed E-state index contributed by atoms with van der Waals surface area (Å²) in [5, 5.41) is 2.74. The second-order valence-electron chi connectivity index (χ2n) is 7.68. The van der Waals surface area contributed by atoms with Gasteiger partial charge in [0.2, 0.25) is 11.8 Å². The van der Waals surface area contributed by atoms with Crippen LogP contribution in [0.5, 0.6) is 0 Å². The normalized spacial score (nSPS) is 13.7. The molecule has 2 aromatic carbocycles. The number of amides is 2. The molecule has 8 heteroatoms. The third-order valence-electron chi connectivity index (χ3n) is 5.08. The lowest BCUT2D eigenvalue weighted by Gasteiger charge is -2.29. The van der Waals surface area contributed by atoms with Gasteiger partial charge in [0.05, 0.1) is 4.90 Å². The molecule has 1 heterocycles. The molecule has 3 rings (SSSR count). The highest BCUT2D eigenvalue weighted by Gasteiger charge is 2.21. The summed E-state index contributed by atoms with van der Waals surface area (Å²) in [5.41, 5.74) is 3.08. The van der Waals surface area contributed by atoms with E-state index in [-0.39, 0.29) is 22.6 Å². The Balaban J connectivity index is 1.74. The molecule has 30 heavy (non-hydrogen) atoms. The standard InChI is InChI=1S/C22H27N3O4S/c1-4-21(26)25-12-11-16-5-6-19(13-17(16)14-25)24-30(28,29)20-9-7-18(8-10-20)23-22(27)15(2)3/h5-10,13,15,24H,4,11-12,14H2,1-3H3,(H,23,27). The Morgan fingerprint density at radius 2 is 1.70 bits per heavy atom. The molecule has 0 aromatic heterocycles. The quantitative estimate of drug-likeness (QED) is 0.736. The maximum Gasteiger partial charge on any atom is 0.261 e. The van der Waals surface area contributed by atoms with Crippen LogP contribution in [-0.2, 0) is 32.6 Å². The van der Waals surface area contributed by atoms with E-state index in [0.29, 0.717) is 30.9 Å². The van der Waals surface area contributed by atoms with E-state index >= 15 is 0 Å². The topological polar surface area (TPSA) is 95.6 Å². The van der Waals surface area contributed by atoms with Crippen molar-refractivity contribution < 1.29 is 18.0 Å². The molecular weight excluding hydrogens is 402 g/mol. The van der Waals surface area contributed by atoms with Crippen LogP contribution in [0.2, 0.25) is 0 Å². The summed E-state index contributed by atoms with van der Waals surface area (Å²) in [6.45, 7) is 6.58. The van der Waals surface area contributed by atoms with Gasteiger partial charge in [-0.2, -0.15) is 0 Å². The first kappa shape index (κ1) is 21.8. The van der Waals surface area contributed by atoms with E-state index in [9.17, 15) is 18.0 Å². The minimum absolute atomic E-state index is 0.0938. The summed E-state index contributed by atoms with van der Waals surface area (Å²) in [4.78, 5) is 25.7. The van der Waals surface area contributed by atoms with Crippen molar-refractivity contribution in [2.45, 2.75) is 45.1 Å². The fourth-order valence-electron chi connectivity index (χ4n) is 3.28. The summed E-state index contributed by atoms with van der Waals surface area (Å²) >= 11 is 0. The van der Waals surface area contributed by atoms with Crippen LogP contribution in [0.15, 0.2) is 47.4 Å². The first-order valence-corrected chi connectivity index (χ1v) is 11.5. The number of carbonyl (C=O) groups is 2. The zero-order valence-corrected chi connectivity index (χ0v) is 18.3. The summed E-state index contributed by atoms with van der Waals surface area (Å²) in [7, 11) is -3.78. The number of hydrogen-bond acceptors (Lipinski definition) is 4. The van der Waals surface area contributed by atoms with Crippen molar-refractivity contribution in [1.29, 1.82) is 0 Å². The number of sulfonamides is 1. The molecule has 0 fully saturated rings. The summed E-state index contributed by atoms with van der Waals surface area (Å²) < 4.78 is 28.1. The van der Waals surface area contributed by atoms with Gasteiger partial charge in [-0.05, 0) is 53.9 Å². The molecule has 0 saturated heterocycles. The van der Waals surface area contributed by atoms with Gasteiger partial charge in [0, 0.05) is 36.8 Å². The number of fused-ring (bicyclic) bond motifs is 1. The average Bonchev–Trinajstić information content (AvgIpc) is 2.72. The Hall–Kier alpha value is -2.87. The molecule has 1 aliphatic rings. The van der Waals surface area contributed by atoms with Gasteiger partial charge in [-0.3, -0.25) is 14.3 Å². The van der Waals surface area contributed by atoms with Crippen LogP contribution in [-0.4, -0.2) is 31.7 Å². The maximum atomic E-state index is 12.8. The number of benzene rings is 2. The molecular formula is C22H27N3O4S. The predicted octanol–water partition coefficient (Wildman–Crippen LogP) is 3.38. The van der Waals surface area contributed by atoms with Crippen LogP contribution in [0.3, 0.4) is 0 Å². The second-order valence-corrected chi connectivity index (χ2v) is 9.36. The van der Waals surface area contributed by atoms with Gasteiger partial charge in [0.15, 0.2) is 0 Å². The van der Waals surface area contributed by atoms with Crippen molar-refractivity contribution in [1.82, 2.24) is 4.90 Å². The number of nitrogens with one attached hydrogen (secondary N) is 2. The summed E-state index contributed by atoms with van der Waals surface area (Å²) in [6.07, 6.45) is 1.22. The van der Waals surface area contributed by atoms with E-state index in [1.54, 1.807) is 43.0 Å². The highest BCUT2D eigenvalue weighted by molar-refractivity contribution is 7.92. The van der Waals surface area contributed by atoms with Crippen molar-refractivity contribution in [3.05, 3.63) is 53.6 Å². The fraction of sp³-hybridized carbons (Fsp3) is 0.364. The zero-order chi connectivity index (χ0) is 21.9. The molecule has 0 spiro atoms. The van der Waals surface area contributed by atoms with Crippen molar-refractivity contribution in [2.24, 2.45) is 5.92 Å². The molecule has 0 radical (unpaired) electrons. The highest BCUT2D eigenvalue weighted by atomic mass is 32.2. The number of carbonyl (C=O) groups excluding carboxylic acids is 2. The van der Waals surface area contributed by atoms with E-state index in [4.69, 9.17) is 0 Å². The van der Waals surface area contributed by atoms with Gasteiger partial charge in [-0.25, -0.2) is 8.42 Å². The molecule has 7 nitrogen and oxygen atoms in total. The van der Waals surface area contributed by atoms with Crippen LogP contribution in [0.4, 0.5) is 11.4 Å². The van der Waals surface area contributed by atoms with Gasteiger partial charge in [0.1, 0.15) is 0 Å². The van der Waals surface area contributed by atoms with Crippen molar-refractivity contribution >= 4 is 33.2 Å². The largest absolute Gasteiger partial charge is 0.338 e. The summed E-state index contributed by atoms with van der Waals surface area (Å²) in [5.74, 6) is -0.202. The lowest BCUT2D eigenvalue weighted by atomic mass is 9.99.